The van der Waals surface area contributed by atoms with Crippen molar-refractivity contribution in [1.29, 1.82) is 0 Å². The van der Waals surface area contributed by atoms with Crippen LogP contribution in [-0.4, -0.2) is 96.7 Å². The first kappa shape index (κ1) is 81.1. The van der Waals surface area contributed by atoms with Crippen molar-refractivity contribution in [2.45, 2.75) is 336 Å². The monoisotopic (exact) mass is 1230 g/mol. The topological polar surface area (TPSA) is 237 Å². The number of ether oxygens (including phenoxy) is 4. The van der Waals surface area contributed by atoms with E-state index in [4.69, 9.17) is 37.0 Å². The molecule has 6 atom stereocenters. The highest BCUT2D eigenvalue weighted by Crippen LogP contribution is 2.45. The van der Waals surface area contributed by atoms with Crippen molar-refractivity contribution in [2.75, 3.05) is 39.6 Å². The van der Waals surface area contributed by atoms with Gasteiger partial charge < -0.3 is 33.8 Å². The Morgan fingerprint density at radius 1 is 0.349 bits per heavy atom. The van der Waals surface area contributed by atoms with E-state index in [0.717, 1.165) is 102 Å². The van der Waals surface area contributed by atoms with Gasteiger partial charge in [0.2, 0.25) is 0 Å². The Balaban J connectivity index is 5.24. The minimum absolute atomic E-state index is 0.103. The highest BCUT2D eigenvalue weighted by Gasteiger charge is 2.30. The molecule has 0 spiro atoms. The molecule has 0 aliphatic heterocycles. The molecule has 3 unspecified atom stereocenters. The number of carbonyl (C=O) groups excluding carboxylic acids is 4. The molecule has 0 fully saturated rings. The molecular formula is C64H124O17P2. The van der Waals surface area contributed by atoms with Crippen LogP contribution in [0.1, 0.15) is 318 Å². The molecule has 0 aromatic heterocycles. The van der Waals surface area contributed by atoms with Crippen molar-refractivity contribution in [3.8, 4) is 0 Å². The van der Waals surface area contributed by atoms with Gasteiger partial charge in [0.15, 0.2) is 12.2 Å². The van der Waals surface area contributed by atoms with Crippen LogP contribution in [-0.2, 0) is 65.4 Å². The van der Waals surface area contributed by atoms with Crippen molar-refractivity contribution in [3.63, 3.8) is 0 Å². The standard InChI is InChI=1S/C64H124O17P2/c1-7-10-12-14-16-18-19-24-28-35-41-47-62(67)75-52-59(80-63(68)48-42-36-29-25-21-20-23-26-32-38-44-56(4)5)54-78-82(70,71)76-50-58(65)51-77-83(72,73)79-55-60(53-74-61(66)46-40-34-27-22-17-15-13-11-8-2)81-64(69)49-43-37-31-30-33-39-45-57(6)9-3/h56-60,65H,7-55H2,1-6H3,(H,70,71)(H,72,73)/t57?,58-,59-,60-/m1/s1. The molecule has 0 aliphatic carbocycles. The largest absolute Gasteiger partial charge is 0.472 e. The fraction of sp³-hybridized carbons (Fsp3) is 0.938. The van der Waals surface area contributed by atoms with Crippen LogP contribution in [0.2, 0.25) is 0 Å². The van der Waals surface area contributed by atoms with Gasteiger partial charge in [-0.25, -0.2) is 9.13 Å². The lowest BCUT2D eigenvalue weighted by atomic mass is 10.00. The lowest BCUT2D eigenvalue weighted by Gasteiger charge is -2.21. The van der Waals surface area contributed by atoms with Gasteiger partial charge in [-0.2, -0.15) is 0 Å². The SMILES string of the molecule is CCCCCCCCCCCCCC(=O)OC[C@H](COP(=O)(O)OC[C@@H](O)COP(=O)(O)OC[C@@H](COC(=O)CCCCCCCCCCC)OC(=O)CCCCCCCCC(C)CC)OC(=O)CCCCCCCCCCCCC(C)C. The van der Waals surface area contributed by atoms with E-state index in [2.05, 4.69) is 41.5 Å². The van der Waals surface area contributed by atoms with Gasteiger partial charge in [-0.3, -0.25) is 37.3 Å². The van der Waals surface area contributed by atoms with Crippen molar-refractivity contribution in [2.24, 2.45) is 11.8 Å². The summed E-state index contributed by atoms with van der Waals surface area (Å²) in [5.41, 5.74) is 0. The lowest BCUT2D eigenvalue weighted by molar-refractivity contribution is -0.161. The summed E-state index contributed by atoms with van der Waals surface area (Å²) >= 11 is 0. The summed E-state index contributed by atoms with van der Waals surface area (Å²) in [6.45, 7) is 9.42. The number of esters is 4. The van der Waals surface area contributed by atoms with E-state index in [0.29, 0.717) is 25.7 Å². The van der Waals surface area contributed by atoms with E-state index < -0.39 is 97.5 Å². The van der Waals surface area contributed by atoms with Crippen molar-refractivity contribution in [3.05, 3.63) is 0 Å². The molecule has 0 rings (SSSR count). The van der Waals surface area contributed by atoms with E-state index in [1.165, 1.54) is 135 Å². The molecule has 83 heavy (non-hydrogen) atoms. The minimum atomic E-state index is -4.94. The Hall–Kier alpha value is -1.94. The fourth-order valence-corrected chi connectivity index (χ4v) is 11.1. The minimum Gasteiger partial charge on any atom is -0.462 e. The van der Waals surface area contributed by atoms with Crippen LogP contribution in [0.3, 0.4) is 0 Å². The smallest absolute Gasteiger partial charge is 0.462 e. The van der Waals surface area contributed by atoms with Crippen LogP contribution in [0, 0.1) is 11.8 Å². The molecule has 0 aliphatic rings. The molecule has 0 amide bonds. The summed E-state index contributed by atoms with van der Waals surface area (Å²) in [6, 6.07) is 0. The van der Waals surface area contributed by atoms with Gasteiger partial charge >= 0.3 is 39.5 Å². The predicted octanol–water partition coefficient (Wildman–Crippen LogP) is 17.7. The third kappa shape index (κ3) is 57.6. The van der Waals surface area contributed by atoms with Crippen LogP contribution in [0.25, 0.3) is 0 Å². The average molecular weight is 1230 g/mol. The summed E-state index contributed by atoms with van der Waals surface area (Å²) < 4.78 is 68.0. The molecule has 0 radical (unpaired) electrons. The molecule has 0 heterocycles. The first-order valence-electron chi connectivity index (χ1n) is 33.5. The zero-order valence-electron chi connectivity index (χ0n) is 53.5. The van der Waals surface area contributed by atoms with Crippen molar-refractivity contribution >= 4 is 39.5 Å². The highest BCUT2D eigenvalue weighted by molar-refractivity contribution is 7.47. The lowest BCUT2D eigenvalue weighted by Crippen LogP contribution is -2.30. The Labute approximate surface area is 505 Å². The quantitative estimate of drug-likeness (QED) is 0.0222. The van der Waals surface area contributed by atoms with Gasteiger partial charge in [0.25, 0.3) is 0 Å². The van der Waals surface area contributed by atoms with Crippen molar-refractivity contribution < 1.29 is 80.2 Å². The molecule has 0 bridgehead atoms. The third-order valence-corrected chi connectivity index (χ3v) is 17.0. The number of unbranched alkanes of at least 4 members (excludes halogenated alkanes) is 32. The number of aliphatic hydroxyl groups excluding tert-OH is 1. The van der Waals surface area contributed by atoms with E-state index in [9.17, 15) is 43.2 Å². The molecule has 0 aromatic rings. The predicted molar refractivity (Wildman–Crippen MR) is 331 cm³/mol. The normalized spacial score (nSPS) is 14.6. The number of carbonyl (C=O) groups is 4. The molecule has 17 nitrogen and oxygen atoms in total. The van der Waals surface area contributed by atoms with Gasteiger partial charge in [-0.1, -0.05) is 266 Å². The summed E-state index contributed by atoms with van der Waals surface area (Å²) in [4.78, 5) is 72.2. The number of hydrogen-bond acceptors (Lipinski definition) is 15. The van der Waals surface area contributed by atoms with Crippen LogP contribution in [0.15, 0.2) is 0 Å². The van der Waals surface area contributed by atoms with E-state index >= 15 is 0 Å². The molecule has 19 heteroatoms. The summed E-state index contributed by atoms with van der Waals surface area (Å²) in [6.07, 6.45) is 38.9. The van der Waals surface area contributed by atoms with E-state index in [1.807, 2.05) is 0 Å². The number of phosphoric acid groups is 2. The first-order valence-corrected chi connectivity index (χ1v) is 36.5. The Kier molecular flexibility index (Phi) is 55.2. The van der Waals surface area contributed by atoms with Crippen LogP contribution in [0.4, 0.5) is 0 Å². The summed E-state index contributed by atoms with van der Waals surface area (Å²) in [5.74, 6) is -0.664. The Bertz CT molecular complexity index is 1630. The molecule has 492 valence electrons. The highest BCUT2D eigenvalue weighted by atomic mass is 31.2. The maximum atomic E-state index is 13.0. The van der Waals surface area contributed by atoms with Gasteiger partial charge in [0.1, 0.15) is 19.3 Å². The second-order valence-electron chi connectivity index (χ2n) is 23.9. The number of hydrogen-bond donors (Lipinski definition) is 3. The van der Waals surface area contributed by atoms with Gasteiger partial charge in [-0.15, -0.1) is 0 Å². The Morgan fingerprint density at radius 3 is 0.916 bits per heavy atom. The van der Waals surface area contributed by atoms with Crippen LogP contribution >= 0.6 is 15.6 Å². The molecule has 0 aromatic carbocycles. The van der Waals surface area contributed by atoms with E-state index in [-0.39, 0.29) is 25.7 Å². The number of aliphatic hydroxyl groups is 1. The summed E-state index contributed by atoms with van der Waals surface area (Å²) in [7, 11) is -9.89. The number of rotatable bonds is 63. The average Bonchev–Trinajstić information content (AvgIpc) is 3.48. The van der Waals surface area contributed by atoms with Crippen LogP contribution in [0.5, 0.6) is 0 Å². The molecule has 0 saturated heterocycles. The van der Waals surface area contributed by atoms with Gasteiger partial charge in [-0.05, 0) is 37.5 Å². The summed E-state index contributed by atoms with van der Waals surface area (Å²) in [5, 5.41) is 10.5. The fourth-order valence-electron chi connectivity index (χ4n) is 9.50. The first-order chi connectivity index (χ1) is 39.9. The second-order valence-corrected chi connectivity index (χ2v) is 26.8. The van der Waals surface area contributed by atoms with Crippen LogP contribution < -0.4 is 0 Å². The van der Waals surface area contributed by atoms with Gasteiger partial charge in [0.05, 0.1) is 26.4 Å². The van der Waals surface area contributed by atoms with Crippen molar-refractivity contribution in [1.82, 2.24) is 0 Å². The second kappa shape index (κ2) is 56.6. The zero-order valence-corrected chi connectivity index (χ0v) is 55.3. The third-order valence-electron chi connectivity index (χ3n) is 15.1. The Morgan fingerprint density at radius 2 is 0.614 bits per heavy atom. The molecule has 0 saturated carbocycles. The molecule has 3 N–H and O–H groups in total. The maximum Gasteiger partial charge on any atom is 0.472 e. The van der Waals surface area contributed by atoms with E-state index in [1.54, 1.807) is 0 Å². The number of phosphoric ester groups is 2. The molecular weight excluding hydrogens is 1100 g/mol. The van der Waals surface area contributed by atoms with Gasteiger partial charge in [0, 0.05) is 25.7 Å². The maximum absolute atomic E-state index is 13.0. The zero-order chi connectivity index (χ0) is 61.5.